The number of aryl methyl sites for hydroxylation is 1. The summed E-state index contributed by atoms with van der Waals surface area (Å²) in [5.41, 5.74) is 2.52. The van der Waals surface area contributed by atoms with Crippen LogP contribution in [0.25, 0.3) is 10.9 Å². The van der Waals surface area contributed by atoms with Gasteiger partial charge in [-0.1, -0.05) is 30.3 Å². The van der Waals surface area contributed by atoms with E-state index in [1.54, 1.807) is 0 Å². The number of hydrogen-bond donors (Lipinski definition) is 1. The predicted octanol–water partition coefficient (Wildman–Crippen LogP) is 4.18. The van der Waals surface area contributed by atoms with Crippen LogP contribution < -0.4 is 4.74 Å². The number of aromatic nitrogens is 1. The highest BCUT2D eigenvalue weighted by molar-refractivity contribution is 5.80. The van der Waals surface area contributed by atoms with Crippen LogP contribution in [0, 0.1) is 0 Å². The van der Waals surface area contributed by atoms with Gasteiger partial charge in [0.2, 0.25) is 0 Å². The van der Waals surface area contributed by atoms with Crippen LogP contribution in [0.2, 0.25) is 0 Å². The van der Waals surface area contributed by atoms with Crippen molar-refractivity contribution in [2.75, 3.05) is 6.61 Å². The molecule has 1 N–H and O–H groups in total. The summed E-state index contributed by atoms with van der Waals surface area (Å²) in [5.74, 6) is 0.945. The SMILES string of the molecule is c1ccc(CCCOc2ccc3[nH]ccc3c2)cc1. The summed E-state index contributed by atoms with van der Waals surface area (Å²) in [5, 5.41) is 1.19. The standard InChI is InChI=1S/C17H17NO/c1-2-5-14(6-3-1)7-4-12-19-16-8-9-17-15(13-16)10-11-18-17/h1-3,5-6,8-11,13,18H,4,7,12H2. The Labute approximate surface area is 113 Å². The summed E-state index contributed by atoms with van der Waals surface area (Å²) in [6.45, 7) is 0.755. The molecule has 0 aliphatic carbocycles. The second-order valence-electron chi connectivity index (χ2n) is 4.66. The Morgan fingerprint density at radius 3 is 2.74 bits per heavy atom. The number of hydrogen-bond acceptors (Lipinski definition) is 1. The van der Waals surface area contributed by atoms with Crippen LogP contribution in [-0.4, -0.2) is 11.6 Å². The van der Waals surface area contributed by atoms with Crippen molar-refractivity contribution in [1.29, 1.82) is 0 Å². The van der Waals surface area contributed by atoms with Gasteiger partial charge in [-0.2, -0.15) is 0 Å². The minimum absolute atomic E-state index is 0.755. The third-order valence-corrected chi connectivity index (χ3v) is 3.25. The maximum atomic E-state index is 5.79. The van der Waals surface area contributed by atoms with Crippen molar-refractivity contribution in [2.45, 2.75) is 12.8 Å². The molecular weight excluding hydrogens is 234 g/mol. The van der Waals surface area contributed by atoms with Gasteiger partial charge in [0, 0.05) is 17.1 Å². The van der Waals surface area contributed by atoms with E-state index in [0.29, 0.717) is 0 Å². The second kappa shape index (κ2) is 5.61. The van der Waals surface area contributed by atoms with Gasteiger partial charge in [-0.15, -0.1) is 0 Å². The summed E-state index contributed by atoms with van der Waals surface area (Å²) in [4.78, 5) is 3.18. The van der Waals surface area contributed by atoms with Gasteiger partial charge >= 0.3 is 0 Å². The van der Waals surface area contributed by atoms with E-state index in [4.69, 9.17) is 4.74 Å². The van der Waals surface area contributed by atoms with E-state index in [0.717, 1.165) is 30.7 Å². The molecule has 3 aromatic rings. The number of ether oxygens (including phenoxy) is 1. The third-order valence-electron chi connectivity index (χ3n) is 3.25. The number of H-pyrrole nitrogens is 1. The monoisotopic (exact) mass is 251 g/mol. The van der Waals surface area contributed by atoms with Gasteiger partial charge < -0.3 is 9.72 Å². The molecule has 2 nitrogen and oxygen atoms in total. The average Bonchev–Trinajstić information content (AvgIpc) is 2.92. The van der Waals surface area contributed by atoms with Crippen molar-refractivity contribution in [1.82, 2.24) is 4.98 Å². The fraction of sp³-hybridized carbons (Fsp3) is 0.176. The van der Waals surface area contributed by atoms with Crippen molar-refractivity contribution in [2.24, 2.45) is 0 Å². The topological polar surface area (TPSA) is 25.0 Å². The Morgan fingerprint density at radius 1 is 0.947 bits per heavy atom. The van der Waals surface area contributed by atoms with E-state index in [2.05, 4.69) is 47.4 Å². The van der Waals surface area contributed by atoms with E-state index < -0.39 is 0 Å². The lowest BCUT2D eigenvalue weighted by Crippen LogP contribution is -1.99. The van der Waals surface area contributed by atoms with Gasteiger partial charge in [-0.05, 0) is 42.7 Å². The highest BCUT2D eigenvalue weighted by Gasteiger charge is 1.98. The molecule has 19 heavy (non-hydrogen) atoms. The molecule has 3 rings (SSSR count). The molecule has 0 fully saturated rings. The molecule has 0 amide bonds. The zero-order valence-electron chi connectivity index (χ0n) is 10.8. The molecule has 1 aromatic heterocycles. The largest absolute Gasteiger partial charge is 0.494 e. The van der Waals surface area contributed by atoms with E-state index in [9.17, 15) is 0 Å². The first-order valence-electron chi connectivity index (χ1n) is 6.66. The van der Waals surface area contributed by atoms with Crippen molar-refractivity contribution in [3.63, 3.8) is 0 Å². The maximum Gasteiger partial charge on any atom is 0.120 e. The third kappa shape index (κ3) is 2.97. The molecule has 0 spiro atoms. The first-order valence-corrected chi connectivity index (χ1v) is 6.66. The molecule has 0 unspecified atom stereocenters. The van der Waals surface area contributed by atoms with Gasteiger partial charge in [0.25, 0.3) is 0 Å². The zero-order chi connectivity index (χ0) is 12.9. The van der Waals surface area contributed by atoms with E-state index >= 15 is 0 Å². The molecule has 0 aliphatic rings. The number of nitrogens with one attached hydrogen (secondary N) is 1. The van der Waals surface area contributed by atoms with Crippen LogP contribution in [0.15, 0.2) is 60.8 Å². The Morgan fingerprint density at radius 2 is 1.84 bits per heavy atom. The molecule has 1 heterocycles. The quantitative estimate of drug-likeness (QED) is 0.676. The van der Waals surface area contributed by atoms with Crippen molar-refractivity contribution < 1.29 is 4.74 Å². The average molecular weight is 251 g/mol. The van der Waals surface area contributed by atoms with Crippen molar-refractivity contribution in [3.8, 4) is 5.75 Å². The van der Waals surface area contributed by atoms with Crippen LogP contribution in [0.1, 0.15) is 12.0 Å². The number of rotatable bonds is 5. The molecular formula is C17H17NO. The van der Waals surface area contributed by atoms with Gasteiger partial charge in [-0.25, -0.2) is 0 Å². The lowest BCUT2D eigenvalue weighted by Gasteiger charge is -2.06. The molecule has 0 bridgehead atoms. The minimum atomic E-state index is 0.755. The molecule has 0 aliphatic heterocycles. The Bertz CT molecular complexity index is 642. The van der Waals surface area contributed by atoms with E-state index in [-0.39, 0.29) is 0 Å². The van der Waals surface area contributed by atoms with E-state index in [1.165, 1.54) is 10.9 Å². The molecule has 0 atom stereocenters. The molecule has 0 radical (unpaired) electrons. The van der Waals surface area contributed by atoms with Crippen molar-refractivity contribution in [3.05, 3.63) is 66.4 Å². The predicted molar refractivity (Wildman–Crippen MR) is 78.6 cm³/mol. The molecule has 96 valence electrons. The molecule has 2 aromatic carbocycles. The highest BCUT2D eigenvalue weighted by atomic mass is 16.5. The Hall–Kier alpha value is -2.22. The first kappa shape index (κ1) is 11.8. The van der Waals surface area contributed by atoms with Crippen LogP contribution >= 0.6 is 0 Å². The number of fused-ring (bicyclic) bond motifs is 1. The van der Waals surface area contributed by atoms with Crippen LogP contribution in [0.5, 0.6) is 5.75 Å². The van der Waals surface area contributed by atoms with Gasteiger partial charge in [-0.3, -0.25) is 0 Å². The lowest BCUT2D eigenvalue weighted by molar-refractivity contribution is 0.311. The fourth-order valence-corrected chi connectivity index (χ4v) is 2.23. The van der Waals surface area contributed by atoms with Gasteiger partial charge in [0.15, 0.2) is 0 Å². The summed E-state index contributed by atoms with van der Waals surface area (Å²) < 4.78 is 5.79. The highest BCUT2D eigenvalue weighted by Crippen LogP contribution is 2.19. The molecule has 0 saturated heterocycles. The molecule has 0 saturated carbocycles. The normalized spacial score (nSPS) is 10.7. The summed E-state index contributed by atoms with van der Waals surface area (Å²) in [6.07, 6.45) is 4.05. The summed E-state index contributed by atoms with van der Waals surface area (Å²) in [6, 6.07) is 18.7. The fourth-order valence-electron chi connectivity index (χ4n) is 2.23. The lowest BCUT2D eigenvalue weighted by atomic mass is 10.1. The van der Waals surface area contributed by atoms with Crippen LogP contribution in [0.3, 0.4) is 0 Å². The van der Waals surface area contributed by atoms with E-state index in [1.807, 2.05) is 18.3 Å². The Balaban J connectivity index is 1.52. The molecule has 2 heteroatoms. The van der Waals surface area contributed by atoms with Gasteiger partial charge in [0.05, 0.1) is 6.61 Å². The number of benzene rings is 2. The van der Waals surface area contributed by atoms with Crippen molar-refractivity contribution >= 4 is 10.9 Å². The van der Waals surface area contributed by atoms with Crippen LogP contribution in [0.4, 0.5) is 0 Å². The first-order chi connectivity index (χ1) is 9.42. The second-order valence-corrected chi connectivity index (χ2v) is 4.66. The number of aromatic amines is 1. The maximum absolute atomic E-state index is 5.79. The summed E-state index contributed by atoms with van der Waals surface area (Å²) in [7, 11) is 0. The van der Waals surface area contributed by atoms with Crippen LogP contribution in [-0.2, 0) is 6.42 Å². The van der Waals surface area contributed by atoms with Gasteiger partial charge in [0.1, 0.15) is 5.75 Å². The zero-order valence-corrected chi connectivity index (χ0v) is 10.8. The summed E-state index contributed by atoms with van der Waals surface area (Å²) >= 11 is 0. The minimum Gasteiger partial charge on any atom is -0.494 e. The smallest absolute Gasteiger partial charge is 0.120 e. The Kier molecular flexibility index (Phi) is 3.50.